The van der Waals surface area contributed by atoms with E-state index in [2.05, 4.69) is 19.7 Å². The van der Waals surface area contributed by atoms with Gasteiger partial charge in [0.15, 0.2) is 0 Å². The van der Waals surface area contributed by atoms with Gasteiger partial charge in [-0.3, -0.25) is 0 Å². The van der Waals surface area contributed by atoms with Crippen molar-refractivity contribution in [2.45, 2.75) is 12.8 Å². The van der Waals surface area contributed by atoms with E-state index in [0.29, 0.717) is 5.82 Å². The van der Waals surface area contributed by atoms with Crippen molar-refractivity contribution in [3.05, 3.63) is 48.5 Å². The molecule has 5 nitrogen and oxygen atoms in total. The Bertz CT molecular complexity index is 675. The number of aryl methyl sites for hydroxylation is 1. The molecule has 108 valence electrons. The van der Waals surface area contributed by atoms with Crippen LogP contribution in [0.3, 0.4) is 0 Å². The van der Waals surface area contributed by atoms with Crippen LogP contribution >= 0.6 is 11.5 Å². The number of nitrogens with one attached hydrogen (secondary N) is 2. The standard InChI is InChI=1S/C15H17N5S/c16-14-13(11-5-2-1-3-6-11)15(21-20-14)19-8-4-7-12-17-9-10-18-12/h1-3,5-6,9-10,19H,4,7-8H2,(H2,16,20)(H,17,18). The summed E-state index contributed by atoms with van der Waals surface area (Å²) in [5, 5.41) is 4.46. The Hall–Kier alpha value is -2.34. The van der Waals surface area contributed by atoms with Gasteiger partial charge in [0.05, 0.1) is 5.56 Å². The molecule has 4 N–H and O–H groups in total. The molecule has 2 aromatic heterocycles. The summed E-state index contributed by atoms with van der Waals surface area (Å²) in [7, 11) is 0. The van der Waals surface area contributed by atoms with Crippen molar-refractivity contribution in [3.63, 3.8) is 0 Å². The monoisotopic (exact) mass is 299 g/mol. The molecule has 21 heavy (non-hydrogen) atoms. The minimum absolute atomic E-state index is 0.583. The van der Waals surface area contributed by atoms with Crippen LogP contribution in [0.4, 0.5) is 10.8 Å². The van der Waals surface area contributed by atoms with Crippen LogP contribution in [-0.2, 0) is 6.42 Å². The van der Waals surface area contributed by atoms with Gasteiger partial charge in [-0.15, -0.1) is 0 Å². The number of aromatic amines is 1. The summed E-state index contributed by atoms with van der Waals surface area (Å²) < 4.78 is 4.26. The SMILES string of the molecule is Nc1nsc(NCCCc2ncc[nH]2)c1-c1ccccc1. The van der Waals surface area contributed by atoms with Crippen LogP contribution in [0.25, 0.3) is 11.1 Å². The molecule has 1 aromatic carbocycles. The van der Waals surface area contributed by atoms with E-state index in [1.54, 1.807) is 6.20 Å². The fraction of sp³-hybridized carbons (Fsp3) is 0.200. The Balaban J connectivity index is 1.64. The topological polar surface area (TPSA) is 79.6 Å². The van der Waals surface area contributed by atoms with E-state index in [1.807, 2.05) is 36.5 Å². The van der Waals surface area contributed by atoms with E-state index in [9.17, 15) is 0 Å². The number of nitrogen functional groups attached to an aromatic ring is 1. The first-order valence-electron chi connectivity index (χ1n) is 6.87. The Morgan fingerprint density at radius 2 is 2.10 bits per heavy atom. The molecule has 0 aliphatic rings. The lowest BCUT2D eigenvalue weighted by Gasteiger charge is -2.07. The van der Waals surface area contributed by atoms with Crippen molar-refractivity contribution in [1.29, 1.82) is 0 Å². The summed E-state index contributed by atoms with van der Waals surface area (Å²) >= 11 is 1.41. The normalized spacial score (nSPS) is 10.7. The number of imidazole rings is 1. The summed E-state index contributed by atoms with van der Waals surface area (Å²) in [6.07, 6.45) is 5.55. The second kappa shape index (κ2) is 6.41. The van der Waals surface area contributed by atoms with Crippen LogP contribution in [0.1, 0.15) is 12.2 Å². The highest BCUT2D eigenvalue weighted by Gasteiger charge is 2.12. The van der Waals surface area contributed by atoms with Crippen molar-refractivity contribution in [3.8, 4) is 11.1 Å². The summed E-state index contributed by atoms with van der Waals surface area (Å²) in [6, 6.07) is 10.1. The lowest BCUT2D eigenvalue weighted by Crippen LogP contribution is -2.03. The molecule has 0 unspecified atom stereocenters. The lowest BCUT2D eigenvalue weighted by molar-refractivity contribution is 0.818. The maximum absolute atomic E-state index is 6.00. The van der Waals surface area contributed by atoms with Gasteiger partial charge in [-0.1, -0.05) is 30.3 Å². The molecule has 0 aliphatic carbocycles. The summed E-state index contributed by atoms with van der Waals surface area (Å²) in [5.41, 5.74) is 8.09. The van der Waals surface area contributed by atoms with E-state index in [-0.39, 0.29) is 0 Å². The molecule has 0 aliphatic heterocycles. The third kappa shape index (κ3) is 3.22. The highest BCUT2D eigenvalue weighted by Crippen LogP contribution is 2.36. The zero-order valence-corrected chi connectivity index (χ0v) is 12.4. The largest absolute Gasteiger partial charge is 0.382 e. The van der Waals surface area contributed by atoms with Crippen LogP contribution in [-0.4, -0.2) is 20.9 Å². The number of aromatic nitrogens is 3. The molecular weight excluding hydrogens is 282 g/mol. The van der Waals surface area contributed by atoms with Crippen molar-refractivity contribution in [2.24, 2.45) is 0 Å². The molecule has 0 saturated carbocycles. The van der Waals surface area contributed by atoms with Gasteiger partial charge in [-0.2, -0.15) is 4.37 Å². The van der Waals surface area contributed by atoms with Gasteiger partial charge in [0.1, 0.15) is 16.6 Å². The molecule has 0 bridgehead atoms. The average Bonchev–Trinajstić information content (AvgIpc) is 3.14. The minimum Gasteiger partial charge on any atom is -0.382 e. The van der Waals surface area contributed by atoms with E-state index < -0.39 is 0 Å². The first-order chi connectivity index (χ1) is 10.3. The molecule has 0 fully saturated rings. The third-order valence-electron chi connectivity index (χ3n) is 3.21. The molecule has 0 radical (unpaired) electrons. The van der Waals surface area contributed by atoms with Gasteiger partial charge in [-0.05, 0) is 23.5 Å². The fourth-order valence-electron chi connectivity index (χ4n) is 2.20. The smallest absolute Gasteiger partial charge is 0.147 e. The number of benzene rings is 1. The predicted molar refractivity (Wildman–Crippen MR) is 87.4 cm³/mol. The van der Waals surface area contributed by atoms with Gasteiger partial charge < -0.3 is 16.0 Å². The van der Waals surface area contributed by atoms with Gasteiger partial charge in [-0.25, -0.2) is 4.98 Å². The van der Waals surface area contributed by atoms with Gasteiger partial charge >= 0.3 is 0 Å². The second-order valence-corrected chi connectivity index (χ2v) is 5.48. The van der Waals surface area contributed by atoms with E-state index in [4.69, 9.17) is 5.73 Å². The highest BCUT2D eigenvalue weighted by atomic mass is 32.1. The first-order valence-corrected chi connectivity index (χ1v) is 7.64. The number of hydrogen-bond acceptors (Lipinski definition) is 5. The molecule has 3 aromatic rings. The predicted octanol–water partition coefficient (Wildman–Crippen LogP) is 3.16. The zero-order valence-electron chi connectivity index (χ0n) is 11.5. The quantitative estimate of drug-likeness (QED) is 0.611. The Labute approximate surface area is 127 Å². The highest BCUT2D eigenvalue weighted by molar-refractivity contribution is 7.11. The summed E-state index contributed by atoms with van der Waals surface area (Å²) in [5.74, 6) is 1.60. The van der Waals surface area contributed by atoms with E-state index in [0.717, 1.165) is 41.3 Å². The molecule has 6 heteroatoms. The third-order valence-corrected chi connectivity index (χ3v) is 4.03. The number of nitrogens with zero attached hydrogens (tertiary/aromatic N) is 2. The molecule has 0 atom stereocenters. The number of nitrogens with two attached hydrogens (primary N) is 1. The molecule has 0 spiro atoms. The van der Waals surface area contributed by atoms with Crippen LogP contribution in [0.2, 0.25) is 0 Å². The second-order valence-electron chi connectivity index (χ2n) is 4.70. The molecule has 0 amide bonds. The summed E-state index contributed by atoms with van der Waals surface area (Å²) in [4.78, 5) is 7.33. The van der Waals surface area contributed by atoms with Gasteiger partial charge in [0, 0.05) is 25.4 Å². The van der Waals surface area contributed by atoms with E-state index >= 15 is 0 Å². The average molecular weight is 299 g/mol. The Morgan fingerprint density at radius 3 is 2.86 bits per heavy atom. The van der Waals surface area contributed by atoms with Gasteiger partial charge in [0.2, 0.25) is 0 Å². The first kappa shape index (κ1) is 13.6. The van der Waals surface area contributed by atoms with Crippen LogP contribution in [0, 0.1) is 0 Å². The Kier molecular flexibility index (Phi) is 4.16. The van der Waals surface area contributed by atoms with E-state index in [1.165, 1.54) is 11.5 Å². The number of anilines is 2. The number of rotatable bonds is 6. The summed E-state index contributed by atoms with van der Waals surface area (Å²) in [6.45, 7) is 0.863. The van der Waals surface area contributed by atoms with Crippen molar-refractivity contribution < 1.29 is 0 Å². The van der Waals surface area contributed by atoms with Crippen LogP contribution < -0.4 is 11.1 Å². The minimum atomic E-state index is 0.583. The molecule has 3 rings (SSSR count). The molecule has 2 heterocycles. The van der Waals surface area contributed by atoms with Crippen molar-refractivity contribution >= 4 is 22.4 Å². The van der Waals surface area contributed by atoms with Crippen LogP contribution in [0.5, 0.6) is 0 Å². The maximum Gasteiger partial charge on any atom is 0.147 e. The van der Waals surface area contributed by atoms with Crippen molar-refractivity contribution in [2.75, 3.05) is 17.6 Å². The zero-order chi connectivity index (χ0) is 14.5. The fourth-order valence-corrected chi connectivity index (χ4v) is 2.96. The van der Waals surface area contributed by atoms with Crippen molar-refractivity contribution in [1.82, 2.24) is 14.3 Å². The maximum atomic E-state index is 6.00. The molecular formula is C15H17N5S. The number of hydrogen-bond donors (Lipinski definition) is 3. The lowest BCUT2D eigenvalue weighted by atomic mass is 10.1. The Morgan fingerprint density at radius 1 is 1.24 bits per heavy atom. The number of H-pyrrole nitrogens is 1. The van der Waals surface area contributed by atoms with Crippen LogP contribution in [0.15, 0.2) is 42.7 Å². The van der Waals surface area contributed by atoms with Gasteiger partial charge in [0.25, 0.3) is 0 Å². The molecule has 0 saturated heterocycles.